The minimum Gasteiger partial charge on any atom is -0.493 e. The average molecular weight is 492 g/mol. The second kappa shape index (κ2) is 12.7. The fourth-order valence-electron chi connectivity index (χ4n) is 3.83. The van der Waals surface area contributed by atoms with Gasteiger partial charge < -0.3 is 24.3 Å². The molecule has 1 amide bonds. The van der Waals surface area contributed by atoms with Crippen LogP contribution < -0.4 is 14.8 Å². The first-order valence-electron chi connectivity index (χ1n) is 11.2. The summed E-state index contributed by atoms with van der Waals surface area (Å²) in [6, 6.07) is 5.43. The normalized spacial score (nSPS) is 14.6. The molecule has 186 valence electrons. The highest BCUT2D eigenvalue weighted by atomic mass is 32.1. The van der Waals surface area contributed by atoms with Crippen molar-refractivity contribution in [1.82, 2.24) is 9.80 Å². The Morgan fingerprint density at radius 2 is 1.74 bits per heavy atom. The number of carbonyl (C=O) groups excluding carboxylic acids is 2. The maximum Gasteiger partial charge on any atom is 0.341 e. The van der Waals surface area contributed by atoms with Gasteiger partial charge in [0.25, 0.3) is 0 Å². The number of nitrogens with zero attached hydrogens (tertiary/aromatic N) is 2. The molecule has 9 nitrogen and oxygen atoms in total. The van der Waals surface area contributed by atoms with E-state index in [4.69, 9.17) is 18.9 Å². The molecule has 2 aromatic rings. The highest BCUT2D eigenvalue weighted by molar-refractivity contribution is 7.15. The molecule has 3 rings (SSSR count). The van der Waals surface area contributed by atoms with Gasteiger partial charge in [-0.1, -0.05) is 6.07 Å². The summed E-state index contributed by atoms with van der Waals surface area (Å²) in [5.74, 6) is 0.512. The van der Waals surface area contributed by atoms with Crippen LogP contribution in [0.15, 0.2) is 23.6 Å². The fourth-order valence-corrected chi connectivity index (χ4v) is 4.81. The number of rotatable bonds is 11. The van der Waals surface area contributed by atoms with Gasteiger partial charge in [-0.2, -0.15) is 0 Å². The monoisotopic (exact) mass is 491 g/mol. The minimum absolute atomic E-state index is 0.156. The van der Waals surface area contributed by atoms with E-state index in [0.717, 1.165) is 38.3 Å². The number of benzene rings is 1. The number of esters is 1. The summed E-state index contributed by atoms with van der Waals surface area (Å²) in [5, 5.41) is 5.26. The molecule has 1 N–H and O–H groups in total. The zero-order valence-electron chi connectivity index (χ0n) is 20.2. The minimum atomic E-state index is -0.476. The summed E-state index contributed by atoms with van der Waals surface area (Å²) in [6.45, 7) is 7.27. The van der Waals surface area contributed by atoms with E-state index < -0.39 is 5.97 Å². The Morgan fingerprint density at radius 1 is 1.03 bits per heavy atom. The Hall–Kier alpha value is -2.66. The zero-order chi connectivity index (χ0) is 24.5. The molecule has 0 atom stereocenters. The summed E-state index contributed by atoms with van der Waals surface area (Å²) in [4.78, 5) is 30.1. The van der Waals surface area contributed by atoms with Crippen LogP contribution in [0.2, 0.25) is 0 Å². The summed E-state index contributed by atoms with van der Waals surface area (Å²) in [6.07, 6.45) is 0. The second-order valence-corrected chi connectivity index (χ2v) is 8.68. The van der Waals surface area contributed by atoms with Gasteiger partial charge in [-0.15, -0.1) is 11.3 Å². The van der Waals surface area contributed by atoms with E-state index in [9.17, 15) is 9.59 Å². The van der Waals surface area contributed by atoms with Crippen molar-refractivity contribution in [3.8, 4) is 22.6 Å². The van der Waals surface area contributed by atoms with Crippen molar-refractivity contribution in [2.75, 3.05) is 79.1 Å². The number of ether oxygens (including phenoxy) is 4. The van der Waals surface area contributed by atoms with Crippen molar-refractivity contribution in [3.63, 3.8) is 0 Å². The maximum atomic E-state index is 12.8. The number of nitrogens with one attached hydrogen (secondary N) is 1. The highest BCUT2D eigenvalue weighted by Crippen LogP contribution is 2.39. The maximum absolute atomic E-state index is 12.8. The molecular weight excluding hydrogens is 458 g/mol. The van der Waals surface area contributed by atoms with Crippen LogP contribution in [0, 0.1) is 0 Å². The smallest absolute Gasteiger partial charge is 0.341 e. The largest absolute Gasteiger partial charge is 0.493 e. The molecule has 1 aromatic heterocycles. The van der Waals surface area contributed by atoms with E-state index >= 15 is 0 Å². The third-order valence-corrected chi connectivity index (χ3v) is 6.56. The molecule has 1 aliphatic heterocycles. The van der Waals surface area contributed by atoms with Crippen LogP contribution in [0.5, 0.6) is 11.5 Å². The van der Waals surface area contributed by atoms with Crippen LogP contribution >= 0.6 is 11.3 Å². The van der Waals surface area contributed by atoms with E-state index in [-0.39, 0.29) is 19.1 Å². The number of piperazine rings is 1. The fraction of sp³-hybridized carbons (Fsp3) is 0.500. The predicted molar refractivity (Wildman–Crippen MR) is 132 cm³/mol. The molecule has 34 heavy (non-hydrogen) atoms. The number of hydrogen-bond acceptors (Lipinski definition) is 9. The van der Waals surface area contributed by atoms with Crippen LogP contribution in [0.3, 0.4) is 0 Å². The molecule has 0 saturated carbocycles. The first-order valence-corrected chi connectivity index (χ1v) is 12.1. The van der Waals surface area contributed by atoms with Crippen LogP contribution in [-0.2, 0) is 14.3 Å². The van der Waals surface area contributed by atoms with Crippen LogP contribution in [-0.4, -0.2) is 95.5 Å². The van der Waals surface area contributed by atoms with Gasteiger partial charge in [0.15, 0.2) is 11.5 Å². The number of anilines is 1. The first kappa shape index (κ1) is 26.0. The van der Waals surface area contributed by atoms with Gasteiger partial charge >= 0.3 is 5.97 Å². The van der Waals surface area contributed by atoms with Crippen molar-refractivity contribution >= 4 is 28.2 Å². The molecule has 0 radical (unpaired) electrons. The Morgan fingerprint density at radius 3 is 2.38 bits per heavy atom. The lowest BCUT2D eigenvalue weighted by molar-refractivity contribution is -0.117. The van der Waals surface area contributed by atoms with Gasteiger partial charge in [-0.25, -0.2) is 4.79 Å². The lowest BCUT2D eigenvalue weighted by atomic mass is 10.0. The molecule has 1 aromatic carbocycles. The molecular formula is C24H33N3O6S. The predicted octanol–water partition coefficient (Wildman–Crippen LogP) is 2.81. The number of methoxy groups -OCH3 is 3. The summed E-state index contributed by atoms with van der Waals surface area (Å²) in [7, 11) is 4.83. The van der Waals surface area contributed by atoms with Crippen molar-refractivity contribution in [3.05, 3.63) is 29.1 Å². The summed E-state index contributed by atoms with van der Waals surface area (Å²) < 4.78 is 21.2. The topological polar surface area (TPSA) is 89.6 Å². The Labute approximate surface area is 204 Å². The average Bonchev–Trinajstić information content (AvgIpc) is 3.26. The molecule has 0 aliphatic carbocycles. The van der Waals surface area contributed by atoms with Gasteiger partial charge in [0.1, 0.15) is 10.6 Å². The van der Waals surface area contributed by atoms with E-state index in [2.05, 4.69) is 15.1 Å². The Kier molecular flexibility index (Phi) is 9.70. The van der Waals surface area contributed by atoms with E-state index in [0.29, 0.717) is 34.2 Å². The molecule has 10 heteroatoms. The molecule has 0 unspecified atom stereocenters. The second-order valence-electron chi connectivity index (χ2n) is 7.80. The van der Waals surface area contributed by atoms with Crippen molar-refractivity contribution in [2.45, 2.75) is 6.92 Å². The number of carbonyl (C=O) groups is 2. The number of thiophene rings is 1. The molecule has 2 heterocycles. The molecule has 1 saturated heterocycles. The molecule has 1 aliphatic rings. The van der Waals surface area contributed by atoms with E-state index in [1.165, 1.54) is 11.3 Å². The summed E-state index contributed by atoms with van der Waals surface area (Å²) in [5.41, 5.74) is 1.79. The van der Waals surface area contributed by atoms with Gasteiger partial charge in [0.2, 0.25) is 5.91 Å². The van der Waals surface area contributed by atoms with Crippen LogP contribution in [0.25, 0.3) is 11.1 Å². The van der Waals surface area contributed by atoms with Crippen LogP contribution in [0.1, 0.15) is 17.3 Å². The highest BCUT2D eigenvalue weighted by Gasteiger charge is 2.25. The zero-order valence-corrected chi connectivity index (χ0v) is 21.0. The van der Waals surface area contributed by atoms with Crippen molar-refractivity contribution in [2.24, 2.45) is 0 Å². The third kappa shape index (κ3) is 6.47. The third-order valence-electron chi connectivity index (χ3n) is 5.66. The van der Waals surface area contributed by atoms with Gasteiger partial charge in [-0.05, 0) is 24.6 Å². The summed E-state index contributed by atoms with van der Waals surface area (Å²) >= 11 is 1.30. The van der Waals surface area contributed by atoms with E-state index in [1.54, 1.807) is 40.4 Å². The van der Waals surface area contributed by atoms with E-state index in [1.807, 2.05) is 11.4 Å². The van der Waals surface area contributed by atoms with Crippen molar-refractivity contribution < 1.29 is 28.5 Å². The first-order chi connectivity index (χ1) is 16.5. The Balaban J connectivity index is 1.74. The standard InChI is InChI=1S/C24H33N3O6S/c1-5-33-24(29)22-18(17-6-7-19(31-3)20(14-17)32-4)16-34-23(22)25-21(28)15-27-10-8-26(9-11-27)12-13-30-2/h6-7,14,16H,5,8-13,15H2,1-4H3,(H,25,28). The number of amides is 1. The van der Waals surface area contributed by atoms with Crippen LogP contribution in [0.4, 0.5) is 5.00 Å². The van der Waals surface area contributed by atoms with Gasteiger partial charge in [0.05, 0.1) is 34.0 Å². The quantitative estimate of drug-likeness (QED) is 0.480. The lowest BCUT2D eigenvalue weighted by Gasteiger charge is -2.34. The molecule has 0 bridgehead atoms. The van der Waals surface area contributed by atoms with Gasteiger partial charge in [-0.3, -0.25) is 14.6 Å². The van der Waals surface area contributed by atoms with Gasteiger partial charge in [0, 0.05) is 50.8 Å². The molecule has 0 spiro atoms. The van der Waals surface area contributed by atoms with Crippen molar-refractivity contribution in [1.29, 1.82) is 0 Å². The SMILES string of the molecule is CCOC(=O)c1c(-c2ccc(OC)c(OC)c2)csc1NC(=O)CN1CCN(CCOC)CC1. The number of hydrogen-bond donors (Lipinski definition) is 1. The lowest BCUT2D eigenvalue weighted by Crippen LogP contribution is -2.49. The molecule has 1 fully saturated rings. The Bertz CT molecular complexity index is 972.